The van der Waals surface area contributed by atoms with Gasteiger partial charge >= 0.3 is 0 Å². The van der Waals surface area contributed by atoms with Crippen molar-refractivity contribution in [3.8, 4) is 0 Å². The van der Waals surface area contributed by atoms with Crippen LogP contribution in [0.25, 0.3) is 0 Å². The van der Waals surface area contributed by atoms with Crippen molar-refractivity contribution in [3.05, 3.63) is 29.8 Å². The minimum absolute atomic E-state index is 0.120. The molecule has 1 aliphatic heterocycles. The molecular weight excluding hydrogens is 252 g/mol. The lowest BCUT2D eigenvalue weighted by molar-refractivity contribution is 0.0724. The summed E-state index contributed by atoms with van der Waals surface area (Å²) in [5, 5.41) is 8.96. The topological polar surface area (TPSA) is 43.8 Å². The highest BCUT2D eigenvalue weighted by molar-refractivity contribution is 5.95. The third-order valence-electron chi connectivity index (χ3n) is 3.94. The third kappa shape index (κ3) is 3.31. The molecular formula is C16H24N2O2. The fourth-order valence-electron chi connectivity index (χ4n) is 2.81. The highest BCUT2D eigenvalue weighted by Crippen LogP contribution is 2.24. The number of aliphatic hydroxyl groups excluding tert-OH is 1. The van der Waals surface area contributed by atoms with Crippen LogP contribution in [0.5, 0.6) is 0 Å². The van der Waals surface area contributed by atoms with Crippen LogP contribution in [0.4, 0.5) is 5.69 Å². The quantitative estimate of drug-likeness (QED) is 0.896. The van der Waals surface area contributed by atoms with Gasteiger partial charge in [0.1, 0.15) is 0 Å². The first-order valence-corrected chi connectivity index (χ1v) is 7.32. The van der Waals surface area contributed by atoms with E-state index in [0.29, 0.717) is 0 Å². The largest absolute Gasteiger partial charge is 0.396 e. The standard InChI is InChI=1S/C16H24N2O2/c1-17(2)15-7-3-6-13(12-15)16(20)18-10-4-8-14(18)9-5-11-19/h3,6-7,12,14,19H,4-5,8-11H2,1-2H3. The Balaban J connectivity index is 2.11. The maximum atomic E-state index is 12.6. The average Bonchev–Trinajstić information content (AvgIpc) is 2.92. The second kappa shape index (κ2) is 6.75. The van der Waals surface area contributed by atoms with Crippen LogP contribution >= 0.6 is 0 Å². The number of benzene rings is 1. The van der Waals surface area contributed by atoms with E-state index in [1.807, 2.05) is 48.2 Å². The fourth-order valence-corrected chi connectivity index (χ4v) is 2.81. The molecule has 1 atom stereocenters. The van der Waals surface area contributed by atoms with Crippen LogP contribution in [-0.2, 0) is 0 Å². The number of hydrogen-bond acceptors (Lipinski definition) is 3. The van der Waals surface area contributed by atoms with Crippen molar-refractivity contribution in [2.45, 2.75) is 31.7 Å². The molecule has 0 spiro atoms. The molecule has 0 aliphatic carbocycles. The van der Waals surface area contributed by atoms with Gasteiger partial charge in [-0.1, -0.05) is 6.07 Å². The van der Waals surface area contributed by atoms with Gasteiger partial charge in [-0.05, 0) is 43.9 Å². The number of carbonyl (C=O) groups is 1. The lowest BCUT2D eigenvalue weighted by atomic mass is 10.1. The fraction of sp³-hybridized carbons (Fsp3) is 0.562. The van der Waals surface area contributed by atoms with E-state index < -0.39 is 0 Å². The number of hydrogen-bond donors (Lipinski definition) is 1. The highest BCUT2D eigenvalue weighted by Gasteiger charge is 2.28. The Bertz CT molecular complexity index is 460. The molecule has 1 unspecified atom stereocenters. The van der Waals surface area contributed by atoms with Gasteiger partial charge in [-0.3, -0.25) is 4.79 Å². The monoisotopic (exact) mass is 276 g/mol. The minimum Gasteiger partial charge on any atom is -0.396 e. The number of likely N-dealkylation sites (tertiary alicyclic amines) is 1. The van der Waals surface area contributed by atoms with Crippen molar-refractivity contribution >= 4 is 11.6 Å². The number of nitrogens with zero attached hydrogens (tertiary/aromatic N) is 2. The smallest absolute Gasteiger partial charge is 0.254 e. The predicted molar refractivity (Wildman–Crippen MR) is 81.1 cm³/mol. The Labute approximate surface area is 121 Å². The molecule has 0 bridgehead atoms. The SMILES string of the molecule is CN(C)c1cccc(C(=O)N2CCCC2CCCO)c1. The lowest BCUT2D eigenvalue weighted by Crippen LogP contribution is -2.35. The van der Waals surface area contributed by atoms with Crippen molar-refractivity contribution in [1.82, 2.24) is 4.90 Å². The molecule has 1 saturated heterocycles. The molecule has 1 aromatic carbocycles. The molecule has 1 heterocycles. The molecule has 0 aromatic heterocycles. The zero-order chi connectivity index (χ0) is 14.5. The van der Waals surface area contributed by atoms with Crippen LogP contribution in [0.15, 0.2) is 24.3 Å². The first-order valence-electron chi connectivity index (χ1n) is 7.32. The van der Waals surface area contributed by atoms with Crippen LogP contribution in [0, 0.1) is 0 Å². The molecule has 1 fully saturated rings. The molecule has 4 nitrogen and oxygen atoms in total. The predicted octanol–water partition coefficient (Wildman–Crippen LogP) is 2.13. The van der Waals surface area contributed by atoms with Gasteiger partial charge in [-0.25, -0.2) is 0 Å². The van der Waals surface area contributed by atoms with Crippen molar-refractivity contribution in [3.63, 3.8) is 0 Å². The van der Waals surface area contributed by atoms with Gasteiger partial charge in [0.05, 0.1) is 0 Å². The maximum Gasteiger partial charge on any atom is 0.254 e. The summed E-state index contributed by atoms with van der Waals surface area (Å²) in [6.45, 7) is 1.04. The molecule has 0 radical (unpaired) electrons. The molecule has 2 rings (SSSR count). The van der Waals surface area contributed by atoms with Gasteiger partial charge in [0.2, 0.25) is 0 Å². The van der Waals surface area contributed by atoms with E-state index in [-0.39, 0.29) is 18.6 Å². The summed E-state index contributed by atoms with van der Waals surface area (Å²) in [7, 11) is 3.95. The summed E-state index contributed by atoms with van der Waals surface area (Å²) >= 11 is 0. The van der Waals surface area contributed by atoms with E-state index in [4.69, 9.17) is 5.11 Å². The van der Waals surface area contributed by atoms with E-state index in [1.165, 1.54) is 0 Å². The second-order valence-corrected chi connectivity index (χ2v) is 5.61. The number of aliphatic hydroxyl groups is 1. The van der Waals surface area contributed by atoms with E-state index in [0.717, 1.165) is 43.5 Å². The Kier molecular flexibility index (Phi) is 5.01. The lowest BCUT2D eigenvalue weighted by Gasteiger charge is -2.25. The Morgan fingerprint density at radius 2 is 2.25 bits per heavy atom. The van der Waals surface area contributed by atoms with E-state index >= 15 is 0 Å². The van der Waals surface area contributed by atoms with E-state index in [1.54, 1.807) is 0 Å². The second-order valence-electron chi connectivity index (χ2n) is 5.61. The Morgan fingerprint density at radius 1 is 1.45 bits per heavy atom. The average molecular weight is 276 g/mol. The van der Waals surface area contributed by atoms with Crippen molar-refractivity contribution in [1.29, 1.82) is 0 Å². The summed E-state index contributed by atoms with van der Waals surface area (Å²) in [4.78, 5) is 16.6. The molecule has 1 N–H and O–H groups in total. The van der Waals surface area contributed by atoms with E-state index in [9.17, 15) is 4.79 Å². The summed E-state index contributed by atoms with van der Waals surface area (Å²) < 4.78 is 0. The Hall–Kier alpha value is -1.55. The van der Waals surface area contributed by atoms with Crippen molar-refractivity contribution in [2.75, 3.05) is 32.1 Å². The molecule has 4 heteroatoms. The first-order chi connectivity index (χ1) is 9.63. The number of rotatable bonds is 5. The van der Waals surface area contributed by atoms with Gasteiger partial charge in [0.25, 0.3) is 5.91 Å². The molecule has 1 amide bonds. The third-order valence-corrected chi connectivity index (χ3v) is 3.94. The van der Waals surface area contributed by atoms with Crippen molar-refractivity contribution < 1.29 is 9.90 Å². The van der Waals surface area contributed by atoms with Crippen LogP contribution < -0.4 is 4.90 Å². The van der Waals surface area contributed by atoms with Crippen LogP contribution in [0.2, 0.25) is 0 Å². The number of anilines is 1. The molecule has 1 aliphatic rings. The summed E-state index contributed by atoms with van der Waals surface area (Å²) in [6.07, 6.45) is 3.79. The minimum atomic E-state index is 0.120. The van der Waals surface area contributed by atoms with E-state index in [2.05, 4.69) is 0 Å². The number of carbonyl (C=O) groups excluding carboxylic acids is 1. The molecule has 1 aromatic rings. The zero-order valence-electron chi connectivity index (χ0n) is 12.4. The van der Waals surface area contributed by atoms with Gasteiger partial charge in [-0.15, -0.1) is 0 Å². The van der Waals surface area contributed by atoms with Gasteiger partial charge < -0.3 is 14.9 Å². The van der Waals surface area contributed by atoms with Gasteiger partial charge in [-0.2, -0.15) is 0 Å². The molecule has 0 saturated carbocycles. The van der Waals surface area contributed by atoms with Crippen LogP contribution in [0.3, 0.4) is 0 Å². The van der Waals surface area contributed by atoms with Crippen LogP contribution in [-0.4, -0.2) is 49.2 Å². The van der Waals surface area contributed by atoms with Gasteiger partial charge in [0.15, 0.2) is 0 Å². The molecule has 20 heavy (non-hydrogen) atoms. The Morgan fingerprint density at radius 3 is 2.95 bits per heavy atom. The maximum absolute atomic E-state index is 12.6. The summed E-state index contributed by atoms with van der Waals surface area (Å²) in [5.41, 5.74) is 1.80. The zero-order valence-corrected chi connectivity index (χ0v) is 12.4. The van der Waals surface area contributed by atoms with Crippen molar-refractivity contribution in [2.24, 2.45) is 0 Å². The van der Waals surface area contributed by atoms with Crippen LogP contribution in [0.1, 0.15) is 36.0 Å². The van der Waals surface area contributed by atoms with Gasteiger partial charge in [0, 0.05) is 44.5 Å². The molecule has 110 valence electrons. The number of amides is 1. The summed E-state index contributed by atoms with van der Waals surface area (Å²) in [5.74, 6) is 0.120. The normalized spacial score (nSPS) is 18.4. The first kappa shape index (κ1) is 14.9. The summed E-state index contributed by atoms with van der Waals surface area (Å²) in [6, 6.07) is 8.06. The highest BCUT2D eigenvalue weighted by atomic mass is 16.3.